The molecule has 0 amide bonds. The highest BCUT2D eigenvalue weighted by Crippen LogP contribution is 2.19. The molecule has 0 N–H and O–H groups in total. The van der Waals surface area contributed by atoms with Gasteiger partial charge in [-0.15, -0.1) is 0 Å². The largest absolute Gasteiger partial charge is 0.493 e. The van der Waals surface area contributed by atoms with Crippen molar-refractivity contribution in [3.63, 3.8) is 0 Å². The minimum Gasteiger partial charge on any atom is -0.493 e. The minimum absolute atomic E-state index is 0.00476. The first-order valence-corrected chi connectivity index (χ1v) is 8.00. The Morgan fingerprint density at radius 3 is 2.42 bits per heavy atom. The van der Waals surface area contributed by atoms with Gasteiger partial charge in [0.25, 0.3) is 5.69 Å². The lowest BCUT2D eigenvalue weighted by atomic mass is 10.1. The fourth-order valence-electron chi connectivity index (χ4n) is 2.17. The molecule has 2 rings (SSSR count). The van der Waals surface area contributed by atoms with Crippen LogP contribution in [0, 0.1) is 24.0 Å². The minimum atomic E-state index is -0.577. The number of hydrogen-bond donors (Lipinski definition) is 0. The van der Waals surface area contributed by atoms with E-state index in [1.54, 1.807) is 19.1 Å². The number of esters is 1. The fourth-order valence-corrected chi connectivity index (χ4v) is 2.17. The second-order valence-electron chi connectivity index (χ2n) is 5.75. The van der Waals surface area contributed by atoms with Crippen molar-refractivity contribution in [3.05, 3.63) is 69.3 Å². The van der Waals surface area contributed by atoms with E-state index in [2.05, 4.69) is 0 Å². The molecule has 0 atom stereocenters. The van der Waals surface area contributed by atoms with Crippen LogP contribution in [-0.4, -0.2) is 29.9 Å². The number of ketones is 1. The van der Waals surface area contributed by atoms with Crippen LogP contribution >= 0.6 is 0 Å². The maximum absolute atomic E-state index is 12.0. The lowest BCUT2D eigenvalue weighted by Gasteiger charge is -2.07. The average Bonchev–Trinajstić information content (AvgIpc) is 2.61. The SMILES string of the molecule is Cc1ccc(OCCC(=O)OCC(=O)c2ccc(C)c([N+](=O)[O-])c2)cc1. The van der Waals surface area contributed by atoms with Crippen molar-refractivity contribution >= 4 is 17.4 Å². The van der Waals surface area contributed by atoms with Crippen molar-refractivity contribution in [2.24, 2.45) is 0 Å². The zero-order chi connectivity index (χ0) is 19.1. The van der Waals surface area contributed by atoms with E-state index in [1.807, 2.05) is 19.1 Å². The number of carbonyl (C=O) groups excluding carboxylic acids is 2. The summed E-state index contributed by atoms with van der Waals surface area (Å²) >= 11 is 0. The highest BCUT2D eigenvalue weighted by atomic mass is 16.6. The number of nitro groups is 1. The molecule has 136 valence electrons. The van der Waals surface area contributed by atoms with Gasteiger partial charge in [0.1, 0.15) is 5.75 Å². The molecule has 0 bridgehead atoms. The molecule has 0 saturated carbocycles. The van der Waals surface area contributed by atoms with Crippen molar-refractivity contribution in [2.45, 2.75) is 20.3 Å². The maximum atomic E-state index is 12.0. The number of aryl methyl sites for hydroxylation is 2. The third-order valence-electron chi connectivity index (χ3n) is 3.69. The first-order chi connectivity index (χ1) is 12.4. The average molecular weight is 357 g/mol. The summed E-state index contributed by atoms with van der Waals surface area (Å²) < 4.78 is 10.3. The summed E-state index contributed by atoms with van der Waals surface area (Å²) in [6.45, 7) is 3.21. The van der Waals surface area contributed by atoms with Crippen LogP contribution in [0.25, 0.3) is 0 Å². The van der Waals surface area contributed by atoms with Crippen molar-refractivity contribution in [1.29, 1.82) is 0 Å². The molecule has 0 aliphatic heterocycles. The van der Waals surface area contributed by atoms with Gasteiger partial charge in [-0.3, -0.25) is 19.7 Å². The van der Waals surface area contributed by atoms with Crippen LogP contribution in [-0.2, 0) is 9.53 Å². The molecule has 0 spiro atoms. The number of hydrogen-bond acceptors (Lipinski definition) is 6. The molecule has 2 aromatic carbocycles. The molecule has 0 saturated heterocycles. The molecule has 0 aromatic heterocycles. The van der Waals surface area contributed by atoms with Crippen LogP contribution in [0.15, 0.2) is 42.5 Å². The monoisotopic (exact) mass is 357 g/mol. The topological polar surface area (TPSA) is 95.7 Å². The predicted octanol–water partition coefficient (Wildman–Crippen LogP) is 3.41. The summed E-state index contributed by atoms with van der Waals surface area (Å²) in [5.74, 6) is -0.431. The second kappa shape index (κ2) is 8.75. The molecule has 0 fully saturated rings. The molecule has 26 heavy (non-hydrogen) atoms. The van der Waals surface area contributed by atoms with Gasteiger partial charge in [-0.2, -0.15) is 0 Å². The van der Waals surface area contributed by atoms with E-state index in [9.17, 15) is 19.7 Å². The Morgan fingerprint density at radius 1 is 1.08 bits per heavy atom. The third kappa shape index (κ3) is 5.41. The molecule has 2 aromatic rings. The molecular weight excluding hydrogens is 338 g/mol. The van der Waals surface area contributed by atoms with Gasteiger partial charge >= 0.3 is 5.97 Å². The molecule has 0 unspecified atom stereocenters. The Kier molecular flexibility index (Phi) is 6.43. The highest BCUT2D eigenvalue weighted by Gasteiger charge is 2.16. The van der Waals surface area contributed by atoms with Crippen LogP contribution < -0.4 is 4.74 Å². The Balaban J connectivity index is 1.79. The lowest BCUT2D eigenvalue weighted by Crippen LogP contribution is -2.16. The zero-order valence-corrected chi connectivity index (χ0v) is 14.6. The molecular formula is C19H19NO6. The van der Waals surface area contributed by atoms with E-state index in [1.165, 1.54) is 18.2 Å². The molecule has 7 nitrogen and oxygen atoms in total. The van der Waals surface area contributed by atoms with Crippen LogP contribution in [0.3, 0.4) is 0 Å². The molecule has 0 radical (unpaired) electrons. The predicted molar refractivity (Wildman–Crippen MR) is 94.4 cm³/mol. The summed E-state index contributed by atoms with van der Waals surface area (Å²) in [6.07, 6.45) is -0.00476. The summed E-state index contributed by atoms with van der Waals surface area (Å²) in [7, 11) is 0. The van der Waals surface area contributed by atoms with E-state index >= 15 is 0 Å². The van der Waals surface area contributed by atoms with Crippen molar-refractivity contribution in [2.75, 3.05) is 13.2 Å². The summed E-state index contributed by atoms with van der Waals surface area (Å²) in [4.78, 5) is 34.1. The van der Waals surface area contributed by atoms with E-state index in [0.717, 1.165) is 5.56 Å². The number of benzene rings is 2. The van der Waals surface area contributed by atoms with Gasteiger partial charge < -0.3 is 9.47 Å². The normalized spacial score (nSPS) is 10.2. The van der Waals surface area contributed by atoms with Gasteiger partial charge in [-0.1, -0.05) is 29.8 Å². The van der Waals surface area contributed by atoms with Crippen LogP contribution in [0.5, 0.6) is 5.75 Å². The fraction of sp³-hybridized carbons (Fsp3) is 0.263. The molecule has 0 heterocycles. The number of carbonyl (C=O) groups is 2. The Labute approximate surface area is 150 Å². The zero-order valence-electron chi connectivity index (χ0n) is 14.6. The lowest BCUT2D eigenvalue weighted by molar-refractivity contribution is -0.385. The highest BCUT2D eigenvalue weighted by molar-refractivity contribution is 5.98. The van der Waals surface area contributed by atoms with E-state index in [-0.39, 0.29) is 24.3 Å². The summed E-state index contributed by atoms with van der Waals surface area (Å²) in [5.41, 5.74) is 1.54. The number of Topliss-reactive ketones (excluding diaryl/α,β-unsaturated/α-hetero) is 1. The van der Waals surface area contributed by atoms with Gasteiger partial charge in [0, 0.05) is 17.2 Å². The number of nitro benzene ring substituents is 1. The first kappa shape index (κ1) is 19.1. The van der Waals surface area contributed by atoms with Gasteiger partial charge in [-0.05, 0) is 26.0 Å². The molecule has 0 aliphatic carbocycles. The number of rotatable bonds is 8. The third-order valence-corrected chi connectivity index (χ3v) is 3.69. The maximum Gasteiger partial charge on any atom is 0.309 e. The Hall–Kier alpha value is -3.22. The number of nitrogens with zero attached hydrogens (tertiary/aromatic N) is 1. The Bertz CT molecular complexity index is 813. The van der Waals surface area contributed by atoms with Crippen molar-refractivity contribution < 1.29 is 24.0 Å². The molecule has 7 heteroatoms. The quantitative estimate of drug-likeness (QED) is 0.311. The van der Waals surface area contributed by atoms with Crippen LogP contribution in [0.2, 0.25) is 0 Å². The van der Waals surface area contributed by atoms with Gasteiger partial charge in [0.05, 0.1) is 18.0 Å². The van der Waals surface area contributed by atoms with Crippen molar-refractivity contribution in [1.82, 2.24) is 0 Å². The van der Waals surface area contributed by atoms with Gasteiger partial charge in [-0.25, -0.2) is 0 Å². The second-order valence-corrected chi connectivity index (χ2v) is 5.75. The summed E-state index contributed by atoms with van der Waals surface area (Å²) in [5, 5.41) is 10.9. The van der Waals surface area contributed by atoms with E-state index in [4.69, 9.17) is 9.47 Å². The first-order valence-electron chi connectivity index (χ1n) is 8.00. The molecule has 0 aliphatic rings. The number of ether oxygens (including phenoxy) is 2. The van der Waals surface area contributed by atoms with E-state index < -0.39 is 23.3 Å². The van der Waals surface area contributed by atoms with Gasteiger partial charge in [0.15, 0.2) is 6.61 Å². The van der Waals surface area contributed by atoms with Crippen LogP contribution in [0.1, 0.15) is 27.9 Å². The smallest absolute Gasteiger partial charge is 0.309 e. The van der Waals surface area contributed by atoms with Gasteiger partial charge in [0.2, 0.25) is 5.78 Å². The summed E-state index contributed by atoms with van der Waals surface area (Å²) in [6, 6.07) is 11.5. The van der Waals surface area contributed by atoms with Crippen LogP contribution in [0.4, 0.5) is 5.69 Å². The van der Waals surface area contributed by atoms with Crippen molar-refractivity contribution in [3.8, 4) is 5.75 Å². The standard InChI is InChI=1S/C19H19NO6/c1-13-3-7-16(8-4-13)25-10-9-19(22)26-12-18(21)15-6-5-14(2)17(11-15)20(23)24/h3-8,11H,9-10,12H2,1-2H3. The Morgan fingerprint density at radius 2 is 1.77 bits per heavy atom. The van der Waals surface area contributed by atoms with E-state index in [0.29, 0.717) is 11.3 Å².